The Labute approximate surface area is 294 Å². The summed E-state index contributed by atoms with van der Waals surface area (Å²) in [6, 6.07) is 38.4. The van der Waals surface area contributed by atoms with E-state index in [4.69, 9.17) is 11.0 Å². The molecule has 2 aromatic heterocycles. The Morgan fingerprint density at radius 3 is 2.16 bits per heavy atom. The van der Waals surface area contributed by atoms with Gasteiger partial charge in [0.1, 0.15) is 0 Å². The molecule has 2 nitrogen and oxygen atoms in total. The van der Waals surface area contributed by atoms with Crippen LogP contribution in [-0.4, -0.2) is 9.97 Å². The van der Waals surface area contributed by atoms with E-state index in [1.807, 2.05) is 112 Å². The van der Waals surface area contributed by atoms with Gasteiger partial charge in [-0.3, -0.25) is 4.98 Å². The average Bonchev–Trinajstić information content (AvgIpc) is 3.11. The fourth-order valence-corrected chi connectivity index (χ4v) is 4.78. The first-order valence-electron chi connectivity index (χ1n) is 18.4. The van der Waals surface area contributed by atoms with Crippen LogP contribution >= 0.6 is 0 Å². The molecule has 1 radical (unpaired) electrons. The van der Waals surface area contributed by atoms with Crippen molar-refractivity contribution in [1.82, 2.24) is 9.97 Å². The Hall–Kier alpha value is -4.30. The standard InChI is InChI=1S/C22H22N.C20H18N.Ir/c1-22(2,3)16-17-9-11-18(12-10-17)20-13-14-23-21(15-20)19-7-5-4-6-8-19;1-14-9-10-20(21-13-14)19-12-18(15(2)11-16(19)3)17-7-5-4-6-8-17;/h4-7,9-15H,16H2,1-3H3;4-13H,3H2,1-2H3;/q2*-1;/i16D2;1D3,2D3;. The van der Waals surface area contributed by atoms with Gasteiger partial charge in [-0.1, -0.05) is 99.9 Å². The number of hydrogen-bond acceptors (Lipinski definition) is 2. The van der Waals surface area contributed by atoms with Gasteiger partial charge in [-0.25, -0.2) is 0 Å². The van der Waals surface area contributed by atoms with Crippen molar-refractivity contribution in [3.8, 4) is 44.8 Å². The van der Waals surface area contributed by atoms with E-state index >= 15 is 0 Å². The normalized spacial score (nSPS) is 14.3. The van der Waals surface area contributed by atoms with Gasteiger partial charge in [-0.2, -0.15) is 18.6 Å². The van der Waals surface area contributed by atoms with Crippen molar-refractivity contribution in [2.45, 2.75) is 40.8 Å². The van der Waals surface area contributed by atoms with Gasteiger partial charge in [0.2, 0.25) is 0 Å². The van der Waals surface area contributed by atoms with Gasteiger partial charge in [0.25, 0.3) is 0 Å². The number of nitrogens with zero attached hydrogens (tertiary/aromatic N) is 2. The molecule has 0 amide bonds. The van der Waals surface area contributed by atoms with E-state index in [-0.39, 0.29) is 31.2 Å². The number of benzene rings is 4. The smallest absolute Gasteiger partial charge is 0.0321 e. The van der Waals surface area contributed by atoms with Crippen LogP contribution in [-0.2, 0) is 26.5 Å². The first kappa shape index (κ1) is 24.0. The van der Waals surface area contributed by atoms with Crippen LogP contribution in [0.25, 0.3) is 44.8 Å². The second kappa shape index (κ2) is 15.1. The minimum atomic E-state index is -2.28. The molecule has 229 valence electrons. The molecule has 0 aliphatic heterocycles. The molecule has 6 aromatic rings. The van der Waals surface area contributed by atoms with Gasteiger partial charge in [0, 0.05) is 49.2 Å². The van der Waals surface area contributed by atoms with Gasteiger partial charge in [-0.15, -0.1) is 47.5 Å². The summed E-state index contributed by atoms with van der Waals surface area (Å²) in [7, 11) is 0. The van der Waals surface area contributed by atoms with Crippen molar-refractivity contribution in [2.24, 2.45) is 5.41 Å². The molecule has 6 rings (SSSR count). The predicted molar refractivity (Wildman–Crippen MR) is 186 cm³/mol. The van der Waals surface area contributed by atoms with Crippen LogP contribution in [0.15, 0.2) is 128 Å². The van der Waals surface area contributed by atoms with Crippen molar-refractivity contribution in [3.63, 3.8) is 0 Å². The van der Waals surface area contributed by atoms with Crippen LogP contribution in [0.4, 0.5) is 0 Å². The summed E-state index contributed by atoms with van der Waals surface area (Å²) in [5.41, 5.74) is 7.67. The van der Waals surface area contributed by atoms with E-state index in [9.17, 15) is 0 Å². The second-order valence-electron chi connectivity index (χ2n) is 11.5. The molecule has 0 fully saturated rings. The Kier molecular flexibility index (Phi) is 8.07. The van der Waals surface area contributed by atoms with Crippen LogP contribution in [0.1, 0.15) is 54.0 Å². The Morgan fingerprint density at radius 1 is 0.733 bits per heavy atom. The molecule has 0 unspecified atom stereocenters. The molecule has 0 spiro atoms. The number of hydrogen-bond donors (Lipinski definition) is 0. The third kappa shape index (κ3) is 9.11. The minimum absolute atomic E-state index is 0. The molecule has 4 aromatic carbocycles. The zero-order valence-corrected chi connectivity index (χ0v) is 28.0. The van der Waals surface area contributed by atoms with Gasteiger partial charge in [0.05, 0.1) is 0 Å². The summed E-state index contributed by atoms with van der Waals surface area (Å²) in [6.45, 7) is 5.24. The average molecular weight is 773 g/mol. The molecule has 0 saturated carbocycles. The van der Waals surface area contributed by atoms with Crippen LogP contribution < -0.4 is 0 Å². The van der Waals surface area contributed by atoms with E-state index in [2.05, 4.69) is 23.0 Å². The van der Waals surface area contributed by atoms with Gasteiger partial charge >= 0.3 is 0 Å². The number of pyridine rings is 2. The van der Waals surface area contributed by atoms with E-state index in [0.717, 1.165) is 27.9 Å². The van der Waals surface area contributed by atoms with Crippen LogP contribution in [0.3, 0.4) is 0 Å². The zero-order chi connectivity index (χ0) is 37.9. The van der Waals surface area contributed by atoms with E-state index in [0.29, 0.717) is 27.9 Å². The number of rotatable bonds is 5. The van der Waals surface area contributed by atoms with E-state index in [1.165, 1.54) is 12.3 Å². The van der Waals surface area contributed by atoms with Crippen molar-refractivity contribution < 1.29 is 31.1 Å². The van der Waals surface area contributed by atoms with Gasteiger partial charge < -0.3 is 4.98 Å². The fraction of sp³-hybridized carbons (Fsp3) is 0.167. The molecule has 0 aliphatic carbocycles. The SMILES string of the molecule is [2H]C([2H])([2H])c1ccc(-c2cc(-c3ccccc3)c(C([2H])([2H])[2H])cc2[CH2-])nc1.[2H]C([2H])(c1ccc(-c2ccnc(-c3[c-]cccc3)c2)cc1)C(C)(C)C.[Ir]. The summed E-state index contributed by atoms with van der Waals surface area (Å²) in [5, 5.41) is 0. The van der Waals surface area contributed by atoms with Crippen molar-refractivity contribution in [2.75, 3.05) is 0 Å². The van der Waals surface area contributed by atoms with Crippen LogP contribution in [0.2, 0.25) is 0 Å². The molecule has 0 saturated heterocycles. The zero-order valence-electron chi connectivity index (χ0n) is 33.6. The monoisotopic (exact) mass is 773 g/mol. The van der Waals surface area contributed by atoms with E-state index < -0.39 is 25.5 Å². The quantitative estimate of drug-likeness (QED) is 0.163. The molecule has 0 aliphatic rings. The molecular formula is C42H40IrN2-2. The summed E-state index contributed by atoms with van der Waals surface area (Å²) < 4.78 is 62.7. The van der Waals surface area contributed by atoms with E-state index in [1.54, 1.807) is 24.4 Å². The molecule has 2 heterocycles. The second-order valence-corrected chi connectivity index (χ2v) is 11.5. The molecule has 3 heteroatoms. The van der Waals surface area contributed by atoms with Crippen molar-refractivity contribution in [1.29, 1.82) is 0 Å². The first-order chi connectivity index (χ1) is 24.4. The molecule has 45 heavy (non-hydrogen) atoms. The molecule has 0 atom stereocenters. The molecule has 0 N–H and O–H groups in total. The summed E-state index contributed by atoms with van der Waals surface area (Å²) in [5.74, 6) is 0. The largest absolute Gasteiger partial charge is 0.305 e. The van der Waals surface area contributed by atoms with Gasteiger partial charge in [-0.05, 0) is 69.8 Å². The third-order valence-corrected chi connectivity index (χ3v) is 6.85. The van der Waals surface area contributed by atoms with Gasteiger partial charge in [0.15, 0.2) is 0 Å². The molecular weight excluding hydrogens is 725 g/mol. The summed E-state index contributed by atoms with van der Waals surface area (Å²) >= 11 is 0. The number of aromatic nitrogens is 2. The summed E-state index contributed by atoms with van der Waals surface area (Å²) in [6.07, 6.45) is 1.74. The Morgan fingerprint density at radius 2 is 1.51 bits per heavy atom. The Balaban J connectivity index is 0.000000233. The Bertz CT molecular complexity index is 2110. The molecule has 0 bridgehead atoms. The number of aryl methyl sites for hydroxylation is 2. The first-order valence-corrected chi connectivity index (χ1v) is 14.4. The van der Waals surface area contributed by atoms with Crippen LogP contribution in [0.5, 0.6) is 0 Å². The van der Waals surface area contributed by atoms with Crippen molar-refractivity contribution in [3.05, 3.63) is 163 Å². The van der Waals surface area contributed by atoms with Crippen molar-refractivity contribution >= 4 is 0 Å². The summed E-state index contributed by atoms with van der Waals surface area (Å²) in [4.78, 5) is 8.70. The maximum Gasteiger partial charge on any atom is 0.0321 e. The maximum atomic E-state index is 8.39. The third-order valence-electron chi connectivity index (χ3n) is 6.85. The fourth-order valence-electron chi connectivity index (χ4n) is 4.78. The maximum absolute atomic E-state index is 8.39. The van der Waals surface area contributed by atoms with Crippen LogP contribution in [0, 0.1) is 32.1 Å². The minimum Gasteiger partial charge on any atom is -0.305 e. The topological polar surface area (TPSA) is 25.8 Å². The predicted octanol–water partition coefficient (Wildman–Crippen LogP) is 11.0.